The molecule has 0 bridgehead atoms. The predicted molar refractivity (Wildman–Crippen MR) is 64.2 cm³/mol. The molecule has 2 atom stereocenters. The zero-order valence-electron chi connectivity index (χ0n) is 9.92. The van der Waals surface area contributed by atoms with Crippen molar-refractivity contribution in [3.05, 3.63) is 16.1 Å². The van der Waals surface area contributed by atoms with Gasteiger partial charge in [-0.2, -0.15) is 0 Å². The summed E-state index contributed by atoms with van der Waals surface area (Å²) in [6.07, 6.45) is -0.341. The van der Waals surface area contributed by atoms with Crippen LogP contribution in [0.2, 0.25) is 0 Å². The van der Waals surface area contributed by atoms with E-state index in [0.717, 1.165) is 5.01 Å². The van der Waals surface area contributed by atoms with Gasteiger partial charge in [0.1, 0.15) is 5.69 Å². The monoisotopic (exact) mass is 256 g/mol. The number of aryl methyl sites for hydroxylation is 1. The molecule has 1 aromatic heterocycles. The summed E-state index contributed by atoms with van der Waals surface area (Å²) in [6, 6.07) is 0. The number of carbonyl (C=O) groups is 1. The number of rotatable bonds is 2. The lowest BCUT2D eigenvalue weighted by Gasteiger charge is -2.35. The fourth-order valence-electron chi connectivity index (χ4n) is 1.94. The Labute approximate surface area is 104 Å². The Hall–Kier alpha value is -0.980. The minimum absolute atomic E-state index is 0.0513. The molecule has 1 aliphatic heterocycles. The van der Waals surface area contributed by atoms with E-state index in [0.29, 0.717) is 18.8 Å². The zero-order chi connectivity index (χ0) is 12.4. The summed E-state index contributed by atoms with van der Waals surface area (Å²) in [4.78, 5) is 18.0. The van der Waals surface area contributed by atoms with Gasteiger partial charge in [-0.05, 0) is 13.8 Å². The number of hydrogen-bond donors (Lipinski definition) is 1. The number of aliphatic hydroxyl groups is 1. The summed E-state index contributed by atoms with van der Waals surface area (Å²) in [5.74, 6) is -0.0806. The first-order chi connectivity index (χ1) is 8.10. The Morgan fingerprint density at radius 2 is 2.47 bits per heavy atom. The van der Waals surface area contributed by atoms with Crippen LogP contribution in [0.5, 0.6) is 0 Å². The predicted octanol–water partition coefficient (Wildman–Crippen LogP) is 0.673. The Bertz CT molecular complexity index is 407. The third-order valence-corrected chi connectivity index (χ3v) is 3.43. The van der Waals surface area contributed by atoms with Crippen molar-refractivity contribution >= 4 is 17.2 Å². The molecule has 2 rings (SSSR count). The SMILES string of the molecule is Cc1nc(C(=O)N2CC(C)OC(CO)C2)cs1. The van der Waals surface area contributed by atoms with Gasteiger partial charge in [0.05, 0.1) is 23.8 Å². The highest BCUT2D eigenvalue weighted by Gasteiger charge is 2.29. The number of aliphatic hydroxyl groups excluding tert-OH is 1. The molecule has 0 radical (unpaired) electrons. The summed E-state index contributed by atoms with van der Waals surface area (Å²) in [5, 5.41) is 11.8. The lowest BCUT2D eigenvalue weighted by atomic mass is 10.2. The first-order valence-electron chi connectivity index (χ1n) is 5.58. The number of nitrogens with zero attached hydrogens (tertiary/aromatic N) is 2. The van der Waals surface area contributed by atoms with Crippen molar-refractivity contribution in [3.8, 4) is 0 Å². The minimum atomic E-state index is -0.289. The average molecular weight is 256 g/mol. The van der Waals surface area contributed by atoms with Crippen LogP contribution in [0.1, 0.15) is 22.4 Å². The van der Waals surface area contributed by atoms with Crippen LogP contribution in [0.3, 0.4) is 0 Å². The van der Waals surface area contributed by atoms with E-state index in [1.165, 1.54) is 11.3 Å². The van der Waals surface area contributed by atoms with Crippen molar-refractivity contribution in [2.75, 3.05) is 19.7 Å². The summed E-state index contributed by atoms with van der Waals surface area (Å²) in [6.45, 7) is 4.68. The molecule has 2 unspecified atom stereocenters. The maximum atomic E-state index is 12.2. The highest BCUT2D eigenvalue weighted by molar-refractivity contribution is 7.09. The highest BCUT2D eigenvalue weighted by atomic mass is 32.1. The molecule has 6 heteroatoms. The highest BCUT2D eigenvalue weighted by Crippen LogP contribution is 2.16. The van der Waals surface area contributed by atoms with Gasteiger partial charge < -0.3 is 14.7 Å². The van der Waals surface area contributed by atoms with Gasteiger partial charge in [-0.25, -0.2) is 4.98 Å². The Balaban J connectivity index is 2.08. The van der Waals surface area contributed by atoms with Gasteiger partial charge in [-0.1, -0.05) is 0 Å². The number of hydrogen-bond acceptors (Lipinski definition) is 5. The maximum Gasteiger partial charge on any atom is 0.273 e. The van der Waals surface area contributed by atoms with Crippen LogP contribution in [0.4, 0.5) is 0 Å². The minimum Gasteiger partial charge on any atom is -0.394 e. The van der Waals surface area contributed by atoms with Crippen molar-refractivity contribution in [2.45, 2.75) is 26.1 Å². The zero-order valence-corrected chi connectivity index (χ0v) is 10.7. The Morgan fingerprint density at radius 3 is 3.06 bits per heavy atom. The molecule has 17 heavy (non-hydrogen) atoms. The molecular weight excluding hydrogens is 240 g/mol. The van der Waals surface area contributed by atoms with Crippen molar-refractivity contribution in [2.24, 2.45) is 0 Å². The van der Waals surface area contributed by atoms with Gasteiger partial charge >= 0.3 is 0 Å². The smallest absolute Gasteiger partial charge is 0.273 e. The van der Waals surface area contributed by atoms with Crippen molar-refractivity contribution < 1.29 is 14.6 Å². The summed E-state index contributed by atoms with van der Waals surface area (Å²) in [7, 11) is 0. The second kappa shape index (κ2) is 5.12. The van der Waals surface area contributed by atoms with E-state index >= 15 is 0 Å². The molecule has 94 valence electrons. The fraction of sp³-hybridized carbons (Fsp3) is 0.636. The van der Waals surface area contributed by atoms with Crippen LogP contribution in [0.15, 0.2) is 5.38 Å². The van der Waals surface area contributed by atoms with Crippen LogP contribution in [-0.2, 0) is 4.74 Å². The normalized spacial score (nSPS) is 25.0. The van der Waals surface area contributed by atoms with Crippen LogP contribution >= 0.6 is 11.3 Å². The van der Waals surface area contributed by atoms with Gasteiger partial charge in [-0.3, -0.25) is 4.79 Å². The van der Waals surface area contributed by atoms with E-state index in [4.69, 9.17) is 9.84 Å². The topological polar surface area (TPSA) is 62.7 Å². The molecular formula is C11H16N2O3S. The molecule has 1 saturated heterocycles. The number of carbonyl (C=O) groups excluding carboxylic acids is 1. The standard InChI is InChI=1S/C11H16N2O3S/c1-7-3-13(4-9(5-14)16-7)11(15)10-6-17-8(2)12-10/h6-7,9,14H,3-5H2,1-2H3. The molecule has 0 aliphatic carbocycles. The van der Waals surface area contributed by atoms with Gasteiger partial charge in [0.2, 0.25) is 0 Å². The number of thiazole rings is 1. The first-order valence-corrected chi connectivity index (χ1v) is 6.46. The molecule has 0 aromatic carbocycles. The van der Waals surface area contributed by atoms with Gasteiger partial charge in [-0.15, -0.1) is 11.3 Å². The van der Waals surface area contributed by atoms with E-state index < -0.39 is 0 Å². The van der Waals surface area contributed by atoms with Crippen LogP contribution in [-0.4, -0.2) is 52.8 Å². The van der Waals surface area contributed by atoms with E-state index in [-0.39, 0.29) is 24.7 Å². The van der Waals surface area contributed by atoms with Crippen molar-refractivity contribution in [1.82, 2.24) is 9.88 Å². The molecule has 2 heterocycles. The Kier molecular flexibility index (Phi) is 3.76. The van der Waals surface area contributed by atoms with Gasteiger partial charge in [0.15, 0.2) is 0 Å². The van der Waals surface area contributed by atoms with Crippen LogP contribution in [0, 0.1) is 6.92 Å². The fourth-order valence-corrected chi connectivity index (χ4v) is 2.52. The third kappa shape index (κ3) is 2.83. The Morgan fingerprint density at radius 1 is 1.71 bits per heavy atom. The van der Waals surface area contributed by atoms with E-state index in [2.05, 4.69) is 4.98 Å². The van der Waals surface area contributed by atoms with E-state index in [1.54, 1.807) is 10.3 Å². The molecule has 1 N–H and O–H groups in total. The number of morpholine rings is 1. The number of ether oxygens (including phenoxy) is 1. The second-order valence-electron chi connectivity index (χ2n) is 4.21. The molecule has 1 amide bonds. The first kappa shape index (κ1) is 12.5. The van der Waals surface area contributed by atoms with Crippen molar-refractivity contribution in [1.29, 1.82) is 0 Å². The summed E-state index contributed by atoms with van der Waals surface area (Å²) < 4.78 is 5.50. The van der Waals surface area contributed by atoms with E-state index in [1.807, 2.05) is 13.8 Å². The van der Waals surface area contributed by atoms with Crippen LogP contribution < -0.4 is 0 Å². The number of aromatic nitrogens is 1. The van der Waals surface area contributed by atoms with Gasteiger partial charge in [0, 0.05) is 18.5 Å². The molecule has 0 spiro atoms. The lowest BCUT2D eigenvalue weighted by Crippen LogP contribution is -2.50. The largest absolute Gasteiger partial charge is 0.394 e. The van der Waals surface area contributed by atoms with Crippen LogP contribution in [0.25, 0.3) is 0 Å². The summed E-state index contributed by atoms with van der Waals surface area (Å²) >= 11 is 1.46. The summed E-state index contributed by atoms with van der Waals surface area (Å²) in [5.41, 5.74) is 0.485. The van der Waals surface area contributed by atoms with E-state index in [9.17, 15) is 4.79 Å². The molecule has 5 nitrogen and oxygen atoms in total. The second-order valence-corrected chi connectivity index (χ2v) is 5.28. The average Bonchev–Trinajstić information content (AvgIpc) is 2.74. The molecule has 1 aromatic rings. The lowest BCUT2D eigenvalue weighted by molar-refractivity contribution is -0.0859. The maximum absolute atomic E-state index is 12.2. The quantitative estimate of drug-likeness (QED) is 0.845. The number of amides is 1. The van der Waals surface area contributed by atoms with Crippen molar-refractivity contribution in [3.63, 3.8) is 0 Å². The van der Waals surface area contributed by atoms with Gasteiger partial charge in [0.25, 0.3) is 5.91 Å². The molecule has 1 aliphatic rings. The molecule has 0 saturated carbocycles. The molecule has 1 fully saturated rings. The third-order valence-electron chi connectivity index (χ3n) is 2.66.